The highest BCUT2D eigenvalue weighted by atomic mass is 16.4. The Balaban J connectivity index is 2.37. The maximum Gasteiger partial charge on any atom is 0.337 e. The van der Waals surface area contributed by atoms with Crippen LogP contribution in [0.2, 0.25) is 0 Å². The van der Waals surface area contributed by atoms with Gasteiger partial charge >= 0.3 is 5.97 Å². The average molecular weight is 243 g/mol. The first-order valence-corrected chi connectivity index (χ1v) is 6.06. The molecule has 0 heterocycles. The number of amides is 1. The smallest absolute Gasteiger partial charge is 0.337 e. The first-order valence-electron chi connectivity index (χ1n) is 6.06. The molecule has 1 aliphatic carbocycles. The second-order valence-corrected chi connectivity index (χ2v) is 5.25. The first kappa shape index (κ1) is 14.0. The van der Waals surface area contributed by atoms with Gasteiger partial charge in [0.2, 0.25) is 5.91 Å². The molecule has 0 aliphatic heterocycles. The summed E-state index contributed by atoms with van der Waals surface area (Å²) in [6.45, 7) is 3.11. The molecule has 0 aromatic rings. The lowest BCUT2D eigenvalue weighted by Crippen LogP contribution is -2.48. The summed E-state index contributed by atoms with van der Waals surface area (Å²) in [4.78, 5) is 22.4. The second kappa shape index (κ2) is 5.49. The Morgan fingerprint density at radius 1 is 1.29 bits per heavy atom. The van der Waals surface area contributed by atoms with E-state index in [1.165, 1.54) is 6.92 Å². The fraction of sp³-hybridized carbons (Fsp3) is 0.833. The summed E-state index contributed by atoms with van der Waals surface area (Å²) >= 11 is 0. The SMILES string of the molecule is CC1CCC(C(=O)NCC(C)(O)C(=O)O)CC1. The standard InChI is InChI=1S/C12H21NO4/c1-8-3-5-9(6-4-8)10(14)13-7-12(2,17)11(15)16/h8-9,17H,3-7H2,1-2H3,(H,13,14)(H,15,16). The van der Waals surface area contributed by atoms with Gasteiger partial charge in [0.25, 0.3) is 0 Å². The van der Waals surface area contributed by atoms with E-state index in [2.05, 4.69) is 12.2 Å². The third kappa shape index (κ3) is 4.00. The second-order valence-electron chi connectivity index (χ2n) is 5.25. The molecule has 1 fully saturated rings. The Bertz CT molecular complexity index is 293. The monoisotopic (exact) mass is 243 g/mol. The quantitative estimate of drug-likeness (QED) is 0.680. The fourth-order valence-electron chi connectivity index (χ4n) is 2.00. The zero-order chi connectivity index (χ0) is 13.1. The van der Waals surface area contributed by atoms with E-state index in [-0.39, 0.29) is 18.4 Å². The van der Waals surface area contributed by atoms with Crippen LogP contribution in [-0.4, -0.2) is 34.2 Å². The van der Waals surface area contributed by atoms with E-state index in [0.29, 0.717) is 5.92 Å². The molecule has 1 unspecified atom stereocenters. The lowest BCUT2D eigenvalue weighted by molar-refractivity contribution is -0.156. The van der Waals surface area contributed by atoms with Gasteiger partial charge in [-0.25, -0.2) is 4.79 Å². The summed E-state index contributed by atoms with van der Waals surface area (Å²) in [6, 6.07) is 0. The van der Waals surface area contributed by atoms with Crippen molar-refractivity contribution in [3.8, 4) is 0 Å². The summed E-state index contributed by atoms with van der Waals surface area (Å²) in [5, 5.41) is 20.7. The van der Waals surface area contributed by atoms with Crippen molar-refractivity contribution in [3.63, 3.8) is 0 Å². The highest BCUT2D eigenvalue weighted by molar-refractivity contribution is 5.81. The van der Waals surface area contributed by atoms with Gasteiger partial charge in [0.05, 0.1) is 6.54 Å². The molecular formula is C12H21NO4. The molecule has 0 aromatic heterocycles. The van der Waals surface area contributed by atoms with Crippen LogP contribution in [0.3, 0.4) is 0 Å². The van der Waals surface area contributed by atoms with Crippen molar-refractivity contribution in [2.45, 2.75) is 45.1 Å². The van der Waals surface area contributed by atoms with Crippen LogP contribution in [0.15, 0.2) is 0 Å². The number of carbonyl (C=O) groups excluding carboxylic acids is 1. The molecule has 5 nitrogen and oxygen atoms in total. The van der Waals surface area contributed by atoms with Crippen LogP contribution in [0, 0.1) is 11.8 Å². The summed E-state index contributed by atoms with van der Waals surface area (Å²) in [6.07, 6.45) is 3.77. The van der Waals surface area contributed by atoms with Gasteiger partial charge in [0, 0.05) is 5.92 Å². The van der Waals surface area contributed by atoms with Crippen molar-refractivity contribution >= 4 is 11.9 Å². The van der Waals surface area contributed by atoms with Crippen molar-refractivity contribution < 1.29 is 19.8 Å². The van der Waals surface area contributed by atoms with Crippen LogP contribution >= 0.6 is 0 Å². The van der Waals surface area contributed by atoms with Crippen LogP contribution < -0.4 is 5.32 Å². The van der Waals surface area contributed by atoms with E-state index in [4.69, 9.17) is 5.11 Å². The largest absolute Gasteiger partial charge is 0.479 e. The van der Waals surface area contributed by atoms with Gasteiger partial charge < -0.3 is 15.5 Å². The zero-order valence-corrected chi connectivity index (χ0v) is 10.4. The van der Waals surface area contributed by atoms with Crippen molar-refractivity contribution in [3.05, 3.63) is 0 Å². The molecule has 5 heteroatoms. The highest BCUT2D eigenvalue weighted by Gasteiger charge is 2.32. The summed E-state index contributed by atoms with van der Waals surface area (Å²) in [5.41, 5.74) is -1.89. The van der Waals surface area contributed by atoms with E-state index in [0.717, 1.165) is 25.7 Å². The summed E-state index contributed by atoms with van der Waals surface area (Å²) in [5.74, 6) is -0.828. The van der Waals surface area contributed by atoms with Crippen molar-refractivity contribution in [1.29, 1.82) is 0 Å². The topological polar surface area (TPSA) is 86.6 Å². The number of nitrogens with one attached hydrogen (secondary N) is 1. The number of aliphatic carboxylic acids is 1. The van der Waals surface area contributed by atoms with Crippen LogP contribution in [0.5, 0.6) is 0 Å². The van der Waals surface area contributed by atoms with Crippen molar-refractivity contribution in [2.24, 2.45) is 11.8 Å². The van der Waals surface area contributed by atoms with E-state index in [1.807, 2.05) is 0 Å². The molecule has 1 rings (SSSR count). The van der Waals surface area contributed by atoms with Gasteiger partial charge in [0.1, 0.15) is 0 Å². The average Bonchev–Trinajstić information content (AvgIpc) is 2.27. The van der Waals surface area contributed by atoms with Crippen LogP contribution in [0.1, 0.15) is 39.5 Å². The molecule has 0 spiro atoms. The molecular weight excluding hydrogens is 222 g/mol. The van der Waals surface area contributed by atoms with Crippen molar-refractivity contribution in [1.82, 2.24) is 5.32 Å². The van der Waals surface area contributed by atoms with E-state index < -0.39 is 11.6 Å². The Labute approximate surface area is 101 Å². The molecule has 0 bridgehead atoms. The van der Waals surface area contributed by atoms with Crippen LogP contribution in [-0.2, 0) is 9.59 Å². The Hall–Kier alpha value is -1.10. The Morgan fingerprint density at radius 3 is 2.29 bits per heavy atom. The van der Waals surface area contributed by atoms with E-state index >= 15 is 0 Å². The highest BCUT2D eigenvalue weighted by Crippen LogP contribution is 2.28. The number of carboxylic acid groups (broad SMARTS) is 1. The van der Waals surface area contributed by atoms with Gasteiger partial charge in [-0.1, -0.05) is 6.92 Å². The maximum atomic E-state index is 11.8. The predicted molar refractivity (Wildman–Crippen MR) is 62.4 cm³/mol. The van der Waals surface area contributed by atoms with Crippen molar-refractivity contribution in [2.75, 3.05) is 6.54 Å². The van der Waals surface area contributed by atoms with Crippen LogP contribution in [0.25, 0.3) is 0 Å². The number of aliphatic hydroxyl groups is 1. The first-order chi connectivity index (χ1) is 7.83. The van der Waals surface area contributed by atoms with E-state index in [1.54, 1.807) is 0 Å². The normalized spacial score (nSPS) is 28.2. The number of rotatable bonds is 4. The van der Waals surface area contributed by atoms with Crippen LogP contribution in [0.4, 0.5) is 0 Å². The summed E-state index contributed by atoms with van der Waals surface area (Å²) < 4.78 is 0. The lowest BCUT2D eigenvalue weighted by Gasteiger charge is -2.26. The third-order valence-electron chi connectivity index (χ3n) is 3.45. The third-order valence-corrected chi connectivity index (χ3v) is 3.45. The molecule has 1 atom stereocenters. The fourth-order valence-corrected chi connectivity index (χ4v) is 2.00. The van der Waals surface area contributed by atoms with Gasteiger partial charge in [-0.3, -0.25) is 4.79 Å². The van der Waals surface area contributed by atoms with Gasteiger partial charge in [-0.05, 0) is 38.5 Å². The minimum absolute atomic E-state index is 0.0317. The minimum atomic E-state index is -1.89. The minimum Gasteiger partial charge on any atom is -0.479 e. The lowest BCUT2D eigenvalue weighted by atomic mass is 9.82. The van der Waals surface area contributed by atoms with Gasteiger partial charge in [-0.15, -0.1) is 0 Å². The molecule has 1 saturated carbocycles. The van der Waals surface area contributed by atoms with Gasteiger partial charge in [0.15, 0.2) is 5.60 Å². The van der Waals surface area contributed by atoms with E-state index in [9.17, 15) is 14.7 Å². The maximum absolute atomic E-state index is 11.8. The molecule has 0 radical (unpaired) electrons. The molecule has 98 valence electrons. The number of carboxylic acids is 1. The number of carbonyl (C=O) groups is 2. The Morgan fingerprint density at radius 2 is 1.82 bits per heavy atom. The molecule has 17 heavy (non-hydrogen) atoms. The number of hydrogen-bond donors (Lipinski definition) is 3. The molecule has 0 aromatic carbocycles. The Kier molecular flexibility index (Phi) is 4.51. The zero-order valence-electron chi connectivity index (χ0n) is 10.4. The predicted octanol–water partition coefficient (Wildman–Crippen LogP) is 0.764. The molecule has 1 aliphatic rings. The molecule has 0 saturated heterocycles. The molecule has 3 N–H and O–H groups in total. The summed E-state index contributed by atoms with van der Waals surface area (Å²) in [7, 11) is 0. The molecule has 1 amide bonds. The number of hydrogen-bond acceptors (Lipinski definition) is 3. The van der Waals surface area contributed by atoms with Gasteiger partial charge in [-0.2, -0.15) is 0 Å².